The molecule has 11 heteroatoms. The maximum Gasteiger partial charge on any atom is 0.422 e. The molecule has 1 unspecified atom stereocenters. The molecule has 1 amide bonds. The Balaban J connectivity index is 2.01. The van der Waals surface area contributed by atoms with Crippen LogP contribution in [0.1, 0.15) is 35.8 Å². The second-order valence-electron chi connectivity index (χ2n) is 7.80. The molecule has 0 aliphatic rings. The molecule has 1 aromatic heterocycles. The van der Waals surface area contributed by atoms with Gasteiger partial charge in [-0.05, 0) is 56.3 Å². The van der Waals surface area contributed by atoms with Crippen molar-refractivity contribution in [2.24, 2.45) is 0 Å². The van der Waals surface area contributed by atoms with Crippen LogP contribution in [-0.4, -0.2) is 29.0 Å². The third kappa shape index (κ3) is 6.31. The predicted octanol–water partition coefficient (Wildman–Crippen LogP) is 5.38. The first-order valence-electron chi connectivity index (χ1n) is 10.5. The molecule has 1 atom stereocenters. The molecule has 2 aromatic carbocycles. The van der Waals surface area contributed by atoms with Crippen molar-refractivity contribution < 1.29 is 27.5 Å². The number of anilines is 1. The summed E-state index contributed by atoms with van der Waals surface area (Å²) in [7, 11) is 0. The van der Waals surface area contributed by atoms with Crippen LogP contribution in [-0.2, 0) is 4.79 Å². The first-order valence-corrected chi connectivity index (χ1v) is 10.8. The van der Waals surface area contributed by atoms with Gasteiger partial charge in [0.15, 0.2) is 12.4 Å². The molecule has 0 spiro atoms. The number of hydrogen-bond donors (Lipinski definition) is 1. The van der Waals surface area contributed by atoms with Gasteiger partial charge in [-0.1, -0.05) is 11.6 Å². The van der Waals surface area contributed by atoms with Crippen LogP contribution in [0.4, 0.5) is 18.9 Å². The van der Waals surface area contributed by atoms with Crippen LogP contribution < -0.4 is 15.6 Å². The van der Waals surface area contributed by atoms with E-state index in [0.717, 1.165) is 16.8 Å². The van der Waals surface area contributed by atoms with Gasteiger partial charge in [0.2, 0.25) is 5.91 Å². The minimum atomic E-state index is -4.68. The van der Waals surface area contributed by atoms with Crippen LogP contribution in [0.5, 0.6) is 5.75 Å². The van der Waals surface area contributed by atoms with Crippen LogP contribution in [0.15, 0.2) is 59.5 Å². The van der Waals surface area contributed by atoms with E-state index in [0.29, 0.717) is 11.3 Å². The van der Waals surface area contributed by atoms with E-state index in [1.165, 1.54) is 56.3 Å². The molecule has 0 fully saturated rings. The monoisotopic (exact) mass is 517 g/mol. The predicted molar refractivity (Wildman–Crippen MR) is 127 cm³/mol. The Morgan fingerprint density at radius 1 is 1.14 bits per heavy atom. The number of rotatable bonds is 7. The summed E-state index contributed by atoms with van der Waals surface area (Å²) in [5.74, 6) is -1.16. The van der Waals surface area contributed by atoms with Gasteiger partial charge in [0.25, 0.3) is 5.56 Å². The van der Waals surface area contributed by atoms with Gasteiger partial charge >= 0.3 is 6.18 Å². The highest BCUT2D eigenvalue weighted by molar-refractivity contribution is 6.31. The first kappa shape index (κ1) is 26.5. The zero-order chi connectivity index (χ0) is 26.6. The van der Waals surface area contributed by atoms with E-state index < -0.39 is 30.3 Å². The standard InChI is InChI=1S/C25H19ClF3N3O4/c1-14(24(35)31-19-7-4-16(5-8-19)15(2)33)32-12-22(36-13-25(27,28)29)21(10-23(32)34)20-9-18(26)6-3-17(20)11-30/h3-10,12,14H,13H2,1-2H3,(H,31,35). The summed E-state index contributed by atoms with van der Waals surface area (Å²) in [6, 6.07) is 11.9. The van der Waals surface area contributed by atoms with Crippen molar-refractivity contribution >= 4 is 29.0 Å². The number of amides is 1. The second kappa shape index (κ2) is 10.7. The molecule has 3 aromatic rings. The van der Waals surface area contributed by atoms with Crippen molar-refractivity contribution in [2.75, 3.05) is 11.9 Å². The van der Waals surface area contributed by atoms with E-state index in [4.69, 9.17) is 16.3 Å². The number of benzene rings is 2. The average molecular weight is 518 g/mol. The molecule has 36 heavy (non-hydrogen) atoms. The highest BCUT2D eigenvalue weighted by Crippen LogP contribution is 2.34. The molecule has 0 aliphatic carbocycles. The number of nitrogens with one attached hydrogen (secondary N) is 1. The molecule has 186 valence electrons. The summed E-state index contributed by atoms with van der Waals surface area (Å²) < 4.78 is 44.7. The number of ketones is 1. The number of Topliss-reactive ketones (excluding diaryl/α,β-unsaturated/α-hetero) is 1. The number of aromatic nitrogens is 1. The van der Waals surface area contributed by atoms with Crippen LogP contribution in [0, 0.1) is 11.3 Å². The Kier molecular flexibility index (Phi) is 7.85. The first-order chi connectivity index (χ1) is 16.9. The van der Waals surface area contributed by atoms with Crippen LogP contribution in [0.3, 0.4) is 0 Å². The molecule has 0 saturated heterocycles. The smallest absolute Gasteiger partial charge is 0.422 e. The Morgan fingerprint density at radius 3 is 2.39 bits per heavy atom. The number of nitriles is 1. The molecule has 0 aliphatic heterocycles. The third-order valence-electron chi connectivity index (χ3n) is 5.18. The van der Waals surface area contributed by atoms with Gasteiger partial charge in [0.05, 0.1) is 17.8 Å². The van der Waals surface area contributed by atoms with E-state index in [1.807, 2.05) is 6.07 Å². The lowest BCUT2D eigenvalue weighted by Crippen LogP contribution is -2.31. The molecule has 1 N–H and O–H groups in total. The van der Waals surface area contributed by atoms with Crippen molar-refractivity contribution in [2.45, 2.75) is 26.1 Å². The number of halogens is 4. The maximum atomic E-state index is 12.9. The number of ether oxygens (including phenoxy) is 1. The molecule has 0 bridgehead atoms. The Morgan fingerprint density at radius 2 is 1.81 bits per heavy atom. The third-order valence-corrected chi connectivity index (χ3v) is 5.42. The molecular formula is C25H19ClF3N3O4. The summed E-state index contributed by atoms with van der Waals surface area (Å²) in [6.07, 6.45) is -3.69. The van der Waals surface area contributed by atoms with E-state index in [1.54, 1.807) is 0 Å². The Hall–Kier alpha value is -4.10. The van der Waals surface area contributed by atoms with Crippen molar-refractivity contribution in [1.82, 2.24) is 4.57 Å². The minimum absolute atomic E-state index is 0.0632. The highest BCUT2D eigenvalue weighted by Gasteiger charge is 2.30. The SMILES string of the molecule is CC(=O)c1ccc(NC(=O)C(C)n2cc(OCC(F)(F)F)c(-c3cc(Cl)ccc3C#N)cc2=O)cc1. The highest BCUT2D eigenvalue weighted by atomic mass is 35.5. The number of nitrogens with zero attached hydrogens (tertiary/aromatic N) is 2. The molecule has 0 radical (unpaired) electrons. The quantitative estimate of drug-likeness (QED) is 0.424. The number of pyridine rings is 1. The average Bonchev–Trinajstić information content (AvgIpc) is 2.82. The van der Waals surface area contributed by atoms with Crippen molar-refractivity contribution in [3.63, 3.8) is 0 Å². The fraction of sp³-hybridized carbons (Fsp3) is 0.200. The van der Waals surface area contributed by atoms with Gasteiger partial charge in [-0.2, -0.15) is 18.4 Å². The van der Waals surface area contributed by atoms with E-state index >= 15 is 0 Å². The molecular weight excluding hydrogens is 499 g/mol. The second-order valence-corrected chi connectivity index (χ2v) is 8.24. The topological polar surface area (TPSA) is 101 Å². The van der Waals surface area contributed by atoms with Crippen LogP contribution >= 0.6 is 11.6 Å². The van der Waals surface area contributed by atoms with Crippen molar-refractivity contribution in [3.8, 4) is 22.9 Å². The lowest BCUT2D eigenvalue weighted by atomic mass is 10.0. The zero-order valence-electron chi connectivity index (χ0n) is 19.0. The summed E-state index contributed by atoms with van der Waals surface area (Å²) in [5, 5.41) is 12.2. The van der Waals surface area contributed by atoms with Crippen molar-refractivity contribution in [1.29, 1.82) is 5.26 Å². The van der Waals surface area contributed by atoms with E-state index in [-0.39, 0.29) is 33.2 Å². The number of carbonyl (C=O) groups excluding carboxylic acids is 2. The van der Waals surface area contributed by atoms with E-state index in [9.17, 15) is 32.8 Å². The summed E-state index contributed by atoms with van der Waals surface area (Å²) in [4.78, 5) is 37.1. The zero-order valence-corrected chi connectivity index (χ0v) is 19.8. The van der Waals surface area contributed by atoms with Crippen LogP contribution in [0.25, 0.3) is 11.1 Å². The van der Waals surface area contributed by atoms with Gasteiger partial charge in [0, 0.05) is 33.5 Å². The number of alkyl halides is 3. The fourth-order valence-corrected chi connectivity index (χ4v) is 3.49. The van der Waals surface area contributed by atoms with Crippen LogP contribution in [0.2, 0.25) is 5.02 Å². The number of hydrogen-bond acceptors (Lipinski definition) is 5. The summed E-state index contributed by atoms with van der Waals surface area (Å²) in [5.41, 5.74) is 0.168. The lowest BCUT2D eigenvalue weighted by molar-refractivity contribution is -0.153. The summed E-state index contributed by atoms with van der Waals surface area (Å²) in [6.45, 7) is 1.12. The lowest BCUT2D eigenvalue weighted by Gasteiger charge is -2.20. The normalized spacial score (nSPS) is 11.9. The molecule has 7 nitrogen and oxygen atoms in total. The maximum absolute atomic E-state index is 12.9. The fourth-order valence-electron chi connectivity index (χ4n) is 3.31. The summed E-state index contributed by atoms with van der Waals surface area (Å²) >= 11 is 6.01. The van der Waals surface area contributed by atoms with Gasteiger partial charge in [-0.25, -0.2) is 0 Å². The van der Waals surface area contributed by atoms with Gasteiger partial charge in [0.1, 0.15) is 11.8 Å². The molecule has 0 saturated carbocycles. The van der Waals surface area contributed by atoms with Crippen molar-refractivity contribution in [3.05, 3.63) is 81.2 Å². The minimum Gasteiger partial charge on any atom is -0.482 e. The largest absolute Gasteiger partial charge is 0.482 e. The van der Waals surface area contributed by atoms with Gasteiger partial charge in [-0.15, -0.1) is 0 Å². The Labute approximate surface area is 208 Å². The molecule has 1 heterocycles. The number of carbonyl (C=O) groups is 2. The van der Waals surface area contributed by atoms with Gasteiger partial charge < -0.3 is 10.1 Å². The molecule has 3 rings (SSSR count). The van der Waals surface area contributed by atoms with E-state index in [2.05, 4.69) is 5.32 Å². The Bertz CT molecular complexity index is 1410. The van der Waals surface area contributed by atoms with Gasteiger partial charge in [-0.3, -0.25) is 19.0 Å².